The minimum Gasteiger partial charge on any atom is -0.334 e. The maximum Gasteiger partial charge on any atom is 0.416 e. The maximum absolute atomic E-state index is 13.0. The minimum atomic E-state index is -4.33. The molecule has 0 unspecified atom stereocenters. The fourth-order valence-corrected chi connectivity index (χ4v) is 2.79. The van der Waals surface area contributed by atoms with Gasteiger partial charge in [0.25, 0.3) is 0 Å². The molecule has 0 amide bonds. The fourth-order valence-electron chi connectivity index (χ4n) is 2.79. The second kappa shape index (κ2) is 5.18. The quantitative estimate of drug-likeness (QED) is 0.923. The number of imidazole rings is 1. The lowest BCUT2D eigenvalue weighted by Crippen LogP contribution is -2.24. The Balaban J connectivity index is 1.96. The largest absolute Gasteiger partial charge is 0.416 e. The van der Waals surface area contributed by atoms with Crippen LogP contribution in [0.1, 0.15) is 28.3 Å². The lowest BCUT2D eigenvalue weighted by molar-refractivity contribution is -0.138. The number of benzene rings is 1. The summed E-state index contributed by atoms with van der Waals surface area (Å²) in [5.74, 6) is 0.681. The van der Waals surface area contributed by atoms with Crippen molar-refractivity contribution >= 4 is 0 Å². The highest BCUT2D eigenvalue weighted by molar-refractivity contribution is 5.33. The topological polar surface area (TPSA) is 29.9 Å². The highest BCUT2D eigenvalue weighted by Gasteiger charge is 2.33. The van der Waals surface area contributed by atoms with Crippen LogP contribution in [-0.4, -0.2) is 16.1 Å². The molecule has 1 N–H and O–H groups in total. The van der Waals surface area contributed by atoms with Gasteiger partial charge in [-0.15, -0.1) is 0 Å². The third-order valence-corrected chi connectivity index (χ3v) is 3.89. The number of alkyl halides is 3. The lowest BCUT2D eigenvalue weighted by Gasteiger charge is -2.14. The number of aromatic nitrogens is 2. The third kappa shape index (κ3) is 2.68. The molecule has 112 valence electrons. The Labute approximate surface area is 120 Å². The van der Waals surface area contributed by atoms with Gasteiger partial charge in [0.2, 0.25) is 0 Å². The summed E-state index contributed by atoms with van der Waals surface area (Å²) in [6, 6.07) is 5.70. The molecule has 2 aromatic rings. The molecule has 0 bridgehead atoms. The summed E-state index contributed by atoms with van der Waals surface area (Å²) in [7, 11) is 1.88. The average molecular weight is 295 g/mol. The van der Waals surface area contributed by atoms with Crippen molar-refractivity contribution in [1.29, 1.82) is 0 Å². The molecular formula is C15H16F3N3. The van der Waals surface area contributed by atoms with Gasteiger partial charge in [0.1, 0.15) is 5.82 Å². The van der Waals surface area contributed by atoms with E-state index in [0.717, 1.165) is 30.4 Å². The molecule has 2 heterocycles. The summed E-state index contributed by atoms with van der Waals surface area (Å²) in [6.45, 7) is 1.56. The van der Waals surface area contributed by atoms with Crippen LogP contribution in [0.5, 0.6) is 0 Å². The number of hydrogen-bond donors (Lipinski definition) is 1. The molecule has 1 aliphatic heterocycles. The zero-order valence-corrected chi connectivity index (χ0v) is 11.7. The Bertz CT molecular complexity index is 659. The van der Waals surface area contributed by atoms with Crippen molar-refractivity contribution in [2.24, 2.45) is 7.05 Å². The number of halogens is 3. The van der Waals surface area contributed by atoms with E-state index in [0.29, 0.717) is 12.4 Å². The maximum atomic E-state index is 13.0. The molecule has 0 aliphatic carbocycles. The number of hydrogen-bond acceptors (Lipinski definition) is 2. The van der Waals surface area contributed by atoms with Gasteiger partial charge in [-0.1, -0.05) is 18.2 Å². The second-order valence-corrected chi connectivity index (χ2v) is 5.24. The SMILES string of the molecule is Cn1c(Cc2ccccc2C(F)(F)F)nc2c1CCNC2. The van der Waals surface area contributed by atoms with Gasteiger partial charge in [-0.25, -0.2) is 4.98 Å². The normalized spacial score (nSPS) is 15.0. The van der Waals surface area contributed by atoms with Crippen LogP contribution >= 0.6 is 0 Å². The van der Waals surface area contributed by atoms with Gasteiger partial charge in [-0.05, 0) is 11.6 Å². The Kier molecular flexibility index (Phi) is 3.49. The first-order chi connectivity index (χ1) is 9.97. The molecule has 1 aliphatic rings. The number of fused-ring (bicyclic) bond motifs is 1. The Morgan fingerprint density at radius 2 is 2.05 bits per heavy atom. The molecule has 0 spiro atoms. The second-order valence-electron chi connectivity index (χ2n) is 5.24. The smallest absolute Gasteiger partial charge is 0.334 e. The summed E-state index contributed by atoms with van der Waals surface area (Å²) in [6.07, 6.45) is -3.28. The van der Waals surface area contributed by atoms with Crippen molar-refractivity contribution in [1.82, 2.24) is 14.9 Å². The van der Waals surface area contributed by atoms with E-state index >= 15 is 0 Å². The van der Waals surface area contributed by atoms with Crippen molar-refractivity contribution in [3.63, 3.8) is 0 Å². The molecule has 0 saturated heterocycles. The van der Waals surface area contributed by atoms with Gasteiger partial charge in [-0.2, -0.15) is 13.2 Å². The number of rotatable bonds is 2. The predicted molar refractivity (Wildman–Crippen MR) is 72.9 cm³/mol. The third-order valence-electron chi connectivity index (χ3n) is 3.89. The van der Waals surface area contributed by atoms with Gasteiger partial charge in [-0.3, -0.25) is 0 Å². The summed E-state index contributed by atoms with van der Waals surface area (Å²) >= 11 is 0. The van der Waals surface area contributed by atoms with E-state index in [9.17, 15) is 13.2 Å². The van der Waals surface area contributed by atoms with Crippen LogP contribution in [0, 0.1) is 0 Å². The monoisotopic (exact) mass is 295 g/mol. The van der Waals surface area contributed by atoms with E-state index in [1.54, 1.807) is 6.07 Å². The van der Waals surface area contributed by atoms with E-state index in [4.69, 9.17) is 0 Å². The molecule has 1 aromatic heterocycles. The van der Waals surface area contributed by atoms with Crippen LogP contribution in [-0.2, 0) is 32.6 Å². The van der Waals surface area contributed by atoms with Crippen LogP contribution in [0.3, 0.4) is 0 Å². The van der Waals surface area contributed by atoms with Gasteiger partial charge in [0, 0.05) is 38.7 Å². The molecule has 3 nitrogen and oxygen atoms in total. The van der Waals surface area contributed by atoms with Crippen molar-refractivity contribution in [2.45, 2.75) is 25.6 Å². The van der Waals surface area contributed by atoms with E-state index in [2.05, 4.69) is 10.3 Å². The van der Waals surface area contributed by atoms with Gasteiger partial charge in [0.15, 0.2) is 0 Å². The van der Waals surface area contributed by atoms with Crippen molar-refractivity contribution in [3.05, 3.63) is 52.6 Å². The Morgan fingerprint density at radius 3 is 2.76 bits per heavy atom. The molecule has 21 heavy (non-hydrogen) atoms. The summed E-state index contributed by atoms with van der Waals surface area (Å²) in [5, 5.41) is 3.23. The van der Waals surface area contributed by atoms with Crippen LogP contribution in [0.4, 0.5) is 13.2 Å². The van der Waals surface area contributed by atoms with E-state index < -0.39 is 11.7 Å². The van der Waals surface area contributed by atoms with Crippen molar-refractivity contribution < 1.29 is 13.2 Å². The first kappa shape index (κ1) is 14.1. The molecule has 0 radical (unpaired) electrons. The zero-order chi connectivity index (χ0) is 15.0. The zero-order valence-electron chi connectivity index (χ0n) is 11.7. The predicted octanol–water partition coefficient (Wildman–Crippen LogP) is 2.68. The fraction of sp³-hybridized carbons (Fsp3) is 0.400. The van der Waals surface area contributed by atoms with Gasteiger partial charge < -0.3 is 9.88 Å². The van der Waals surface area contributed by atoms with Crippen LogP contribution in [0.2, 0.25) is 0 Å². The van der Waals surface area contributed by atoms with E-state index in [1.807, 2.05) is 11.6 Å². The van der Waals surface area contributed by atoms with Crippen LogP contribution < -0.4 is 5.32 Å². The Morgan fingerprint density at radius 1 is 1.29 bits per heavy atom. The van der Waals surface area contributed by atoms with Gasteiger partial charge in [0.05, 0.1) is 11.3 Å². The van der Waals surface area contributed by atoms with Crippen molar-refractivity contribution in [3.8, 4) is 0 Å². The van der Waals surface area contributed by atoms with Crippen LogP contribution in [0.15, 0.2) is 24.3 Å². The van der Waals surface area contributed by atoms with Gasteiger partial charge >= 0.3 is 6.18 Å². The number of nitrogens with one attached hydrogen (secondary N) is 1. The minimum absolute atomic E-state index is 0.194. The number of nitrogens with zero attached hydrogens (tertiary/aromatic N) is 2. The van der Waals surface area contributed by atoms with E-state index in [1.165, 1.54) is 12.1 Å². The standard InChI is InChI=1S/C15H16F3N3/c1-21-13-6-7-19-9-12(13)20-14(21)8-10-4-2-3-5-11(10)15(16,17)18/h2-5,19H,6-9H2,1H3. The first-order valence-electron chi connectivity index (χ1n) is 6.86. The highest BCUT2D eigenvalue weighted by atomic mass is 19.4. The highest BCUT2D eigenvalue weighted by Crippen LogP contribution is 2.32. The molecule has 1 aromatic carbocycles. The van der Waals surface area contributed by atoms with E-state index in [-0.39, 0.29) is 12.0 Å². The summed E-state index contributed by atoms with van der Waals surface area (Å²) < 4.78 is 41.1. The lowest BCUT2D eigenvalue weighted by atomic mass is 10.0. The molecular weight excluding hydrogens is 279 g/mol. The first-order valence-corrected chi connectivity index (χ1v) is 6.86. The molecule has 0 saturated carbocycles. The average Bonchev–Trinajstić information content (AvgIpc) is 2.76. The molecule has 0 fully saturated rings. The van der Waals surface area contributed by atoms with Crippen LogP contribution in [0.25, 0.3) is 0 Å². The molecule has 3 rings (SSSR count). The molecule has 0 atom stereocenters. The molecule has 6 heteroatoms. The van der Waals surface area contributed by atoms with Crippen molar-refractivity contribution in [2.75, 3.05) is 6.54 Å². The summed E-state index contributed by atoms with van der Waals surface area (Å²) in [4.78, 5) is 4.50. The Hall–Kier alpha value is -1.82. The summed E-state index contributed by atoms with van der Waals surface area (Å²) in [5.41, 5.74) is 1.75.